The molecule has 1 aromatic carbocycles. The van der Waals surface area contributed by atoms with E-state index in [-0.39, 0.29) is 5.56 Å². The molecule has 0 radical (unpaired) electrons. The average Bonchev–Trinajstić information content (AvgIpc) is 2.39. The molecule has 2 rings (SSSR count). The quantitative estimate of drug-likeness (QED) is 0.924. The zero-order valence-corrected chi connectivity index (χ0v) is 12.7. The molecular weight excluding hydrogens is 248 g/mol. The Morgan fingerprint density at radius 3 is 2.35 bits per heavy atom. The summed E-state index contributed by atoms with van der Waals surface area (Å²) in [4.78, 5) is 11.6. The molecule has 3 heteroatoms. The second-order valence-electron chi connectivity index (χ2n) is 5.27. The van der Waals surface area contributed by atoms with Gasteiger partial charge < -0.3 is 9.88 Å². The molecular formula is C17H22N2O. The molecule has 0 aliphatic heterocycles. The zero-order valence-electron chi connectivity index (χ0n) is 12.7. The number of rotatable bonds is 4. The Balaban J connectivity index is 2.19. The fourth-order valence-electron chi connectivity index (χ4n) is 2.56. The lowest BCUT2D eigenvalue weighted by Crippen LogP contribution is -2.18. The lowest BCUT2D eigenvalue weighted by Gasteiger charge is -2.14. The van der Waals surface area contributed by atoms with Crippen LogP contribution in [0.5, 0.6) is 0 Å². The van der Waals surface area contributed by atoms with E-state index in [1.165, 1.54) is 22.3 Å². The fourth-order valence-corrected chi connectivity index (χ4v) is 2.56. The minimum atomic E-state index is 0.0424. The molecule has 0 fully saturated rings. The van der Waals surface area contributed by atoms with Crippen molar-refractivity contribution in [1.29, 1.82) is 0 Å². The molecule has 3 nitrogen and oxygen atoms in total. The van der Waals surface area contributed by atoms with Gasteiger partial charge in [0.05, 0.1) is 5.69 Å². The van der Waals surface area contributed by atoms with Gasteiger partial charge in [0.15, 0.2) is 0 Å². The monoisotopic (exact) mass is 270 g/mol. The second-order valence-corrected chi connectivity index (χ2v) is 5.27. The molecule has 20 heavy (non-hydrogen) atoms. The van der Waals surface area contributed by atoms with Crippen LogP contribution in [0.2, 0.25) is 0 Å². The van der Waals surface area contributed by atoms with Crippen LogP contribution in [0.25, 0.3) is 0 Å². The van der Waals surface area contributed by atoms with Crippen molar-refractivity contribution in [2.24, 2.45) is 0 Å². The molecule has 0 atom stereocenters. The summed E-state index contributed by atoms with van der Waals surface area (Å²) in [6, 6.07) is 7.86. The van der Waals surface area contributed by atoms with Crippen LogP contribution in [0.4, 0.5) is 5.69 Å². The number of aryl methyl sites for hydroxylation is 4. The summed E-state index contributed by atoms with van der Waals surface area (Å²) in [6.45, 7) is 9.85. The zero-order chi connectivity index (χ0) is 14.7. The maximum atomic E-state index is 11.6. The molecule has 1 aromatic heterocycles. The Morgan fingerprint density at radius 1 is 1.10 bits per heavy atom. The van der Waals surface area contributed by atoms with Gasteiger partial charge in [0.25, 0.3) is 5.56 Å². The summed E-state index contributed by atoms with van der Waals surface area (Å²) in [5.74, 6) is 0. The van der Waals surface area contributed by atoms with Gasteiger partial charge in [-0.3, -0.25) is 4.79 Å². The Kier molecular flexibility index (Phi) is 4.28. The average molecular weight is 270 g/mol. The van der Waals surface area contributed by atoms with Crippen molar-refractivity contribution in [3.63, 3.8) is 0 Å². The number of hydrogen-bond acceptors (Lipinski definition) is 2. The van der Waals surface area contributed by atoms with Gasteiger partial charge in [-0.25, -0.2) is 0 Å². The number of benzene rings is 1. The van der Waals surface area contributed by atoms with Crippen LogP contribution >= 0.6 is 0 Å². The number of pyridine rings is 1. The molecule has 1 heterocycles. The van der Waals surface area contributed by atoms with E-state index >= 15 is 0 Å². The molecule has 0 aliphatic rings. The van der Waals surface area contributed by atoms with Crippen molar-refractivity contribution in [1.82, 2.24) is 4.57 Å². The van der Waals surface area contributed by atoms with E-state index < -0.39 is 0 Å². The van der Waals surface area contributed by atoms with Gasteiger partial charge in [-0.05, 0) is 50.5 Å². The first-order valence-corrected chi connectivity index (χ1v) is 7.02. The van der Waals surface area contributed by atoms with Crippen LogP contribution in [0, 0.1) is 20.8 Å². The van der Waals surface area contributed by atoms with Crippen molar-refractivity contribution in [2.75, 3.05) is 5.32 Å². The highest BCUT2D eigenvalue weighted by Gasteiger charge is 2.04. The van der Waals surface area contributed by atoms with Crippen LogP contribution in [0.3, 0.4) is 0 Å². The van der Waals surface area contributed by atoms with Gasteiger partial charge in [0.1, 0.15) is 0 Å². The first-order chi connectivity index (χ1) is 9.51. The SMILES string of the molecule is CCn1cc(NCc2c(C)cc(C)cc2C)ccc1=O. The first-order valence-electron chi connectivity index (χ1n) is 7.02. The van der Waals surface area contributed by atoms with Crippen LogP contribution in [0.15, 0.2) is 35.3 Å². The third kappa shape index (κ3) is 3.10. The minimum absolute atomic E-state index is 0.0424. The molecule has 0 unspecified atom stereocenters. The Bertz CT molecular complexity index is 648. The van der Waals surface area contributed by atoms with E-state index in [1.807, 2.05) is 19.2 Å². The maximum absolute atomic E-state index is 11.6. The van der Waals surface area contributed by atoms with E-state index in [4.69, 9.17) is 0 Å². The van der Waals surface area contributed by atoms with E-state index in [0.29, 0.717) is 6.54 Å². The summed E-state index contributed by atoms with van der Waals surface area (Å²) >= 11 is 0. The van der Waals surface area contributed by atoms with Crippen LogP contribution in [-0.2, 0) is 13.1 Å². The predicted octanol–water partition coefficient (Wildman–Crippen LogP) is 3.41. The summed E-state index contributed by atoms with van der Waals surface area (Å²) in [5.41, 5.74) is 6.25. The predicted molar refractivity (Wildman–Crippen MR) is 84.4 cm³/mol. The largest absolute Gasteiger partial charge is 0.380 e. The summed E-state index contributed by atoms with van der Waals surface area (Å²) in [5, 5.41) is 3.40. The van der Waals surface area contributed by atoms with Crippen molar-refractivity contribution < 1.29 is 0 Å². The van der Waals surface area contributed by atoms with Crippen LogP contribution in [-0.4, -0.2) is 4.57 Å². The number of anilines is 1. The third-order valence-corrected chi connectivity index (χ3v) is 3.63. The molecule has 2 aromatic rings. The molecule has 0 bridgehead atoms. The van der Waals surface area contributed by atoms with Crippen molar-refractivity contribution >= 4 is 5.69 Å². The third-order valence-electron chi connectivity index (χ3n) is 3.63. The lowest BCUT2D eigenvalue weighted by atomic mass is 10.00. The number of hydrogen-bond donors (Lipinski definition) is 1. The molecule has 0 spiro atoms. The first kappa shape index (κ1) is 14.4. The van der Waals surface area contributed by atoms with Gasteiger partial charge in [0, 0.05) is 25.4 Å². The summed E-state index contributed by atoms with van der Waals surface area (Å²) < 4.78 is 1.71. The van der Waals surface area contributed by atoms with E-state index in [0.717, 1.165) is 12.2 Å². The smallest absolute Gasteiger partial charge is 0.250 e. The number of aromatic nitrogens is 1. The topological polar surface area (TPSA) is 34.0 Å². The van der Waals surface area contributed by atoms with Gasteiger partial charge in [0.2, 0.25) is 0 Å². The van der Waals surface area contributed by atoms with Crippen molar-refractivity contribution in [3.05, 3.63) is 63.1 Å². The Hall–Kier alpha value is -2.03. The summed E-state index contributed by atoms with van der Waals surface area (Å²) in [7, 11) is 0. The number of nitrogens with one attached hydrogen (secondary N) is 1. The molecule has 0 saturated carbocycles. The van der Waals surface area contributed by atoms with Gasteiger partial charge in [-0.1, -0.05) is 17.7 Å². The van der Waals surface area contributed by atoms with Crippen molar-refractivity contribution in [3.8, 4) is 0 Å². The van der Waals surface area contributed by atoms with Crippen molar-refractivity contribution in [2.45, 2.75) is 40.8 Å². The maximum Gasteiger partial charge on any atom is 0.250 e. The Labute approximate surface area is 120 Å². The number of nitrogens with zero attached hydrogens (tertiary/aromatic N) is 1. The second kappa shape index (κ2) is 5.95. The lowest BCUT2D eigenvalue weighted by molar-refractivity contribution is 0.727. The molecule has 0 amide bonds. The normalized spacial score (nSPS) is 10.6. The van der Waals surface area contributed by atoms with Gasteiger partial charge in [-0.2, -0.15) is 0 Å². The molecule has 106 valence electrons. The molecule has 0 saturated heterocycles. The van der Waals surface area contributed by atoms with Crippen LogP contribution in [0.1, 0.15) is 29.2 Å². The highest BCUT2D eigenvalue weighted by molar-refractivity contribution is 5.44. The highest BCUT2D eigenvalue weighted by atomic mass is 16.1. The Morgan fingerprint density at radius 2 is 1.75 bits per heavy atom. The standard InChI is InChI=1S/C17H22N2O/c1-5-19-11-15(6-7-17(19)20)18-10-16-13(3)8-12(2)9-14(16)4/h6-9,11,18H,5,10H2,1-4H3. The highest BCUT2D eigenvalue weighted by Crippen LogP contribution is 2.17. The van der Waals surface area contributed by atoms with E-state index in [1.54, 1.807) is 10.6 Å². The molecule has 1 N–H and O–H groups in total. The van der Waals surface area contributed by atoms with Crippen LogP contribution < -0.4 is 10.9 Å². The van der Waals surface area contributed by atoms with Gasteiger partial charge >= 0.3 is 0 Å². The van der Waals surface area contributed by atoms with Gasteiger partial charge in [-0.15, -0.1) is 0 Å². The molecule has 0 aliphatic carbocycles. The minimum Gasteiger partial charge on any atom is -0.380 e. The summed E-state index contributed by atoms with van der Waals surface area (Å²) in [6.07, 6.45) is 1.88. The van der Waals surface area contributed by atoms with E-state index in [9.17, 15) is 4.79 Å². The van der Waals surface area contributed by atoms with E-state index in [2.05, 4.69) is 38.2 Å². The fraction of sp³-hybridized carbons (Fsp3) is 0.353.